The van der Waals surface area contributed by atoms with Gasteiger partial charge in [-0.25, -0.2) is 0 Å². The SMILES string of the molecule is NC(C(=O)OCc1ccccc1)[C@@H]1CCOC1. The second-order valence-electron chi connectivity index (χ2n) is 4.24. The van der Waals surface area contributed by atoms with Gasteiger partial charge in [0, 0.05) is 12.5 Å². The van der Waals surface area contributed by atoms with Crippen LogP contribution in [0.1, 0.15) is 12.0 Å². The minimum atomic E-state index is -0.568. The largest absolute Gasteiger partial charge is 0.460 e. The van der Waals surface area contributed by atoms with Gasteiger partial charge in [0.15, 0.2) is 0 Å². The lowest BCUT2D eigenvalue weighted by atomic mass is 10.0. The van der Waals surface area contributed by atoms with Gasteiger partial charge in [-0.2, -0.15) is 0 Å². The van der Waals surface area contributed by atoms with Crippen molar-refractivity contribution in [3.05, 3.63) is 35.9 Å². The summed E-state index contributed by atoms with van der Waals surface area (Å²) in [4.78, 5) is 11.7. The van der Waals surface area contributed by atoms with E-state index in [2.05, 4.69) is 0 Å². The summed E-state index contributed by atoms with van der Waals surface area (Å²) in [6.45, 7) is 1.52. The van der Waals surface area contributed by atoms with Crippen molar-refractivity contribution in [1.82, 2.24) is 0 Å². The van der Waals surface area contributed by atoms with E-state index in [-0.39, 0.29) is 18.5 Å². The molecule has 0 saturated carbocycles. The fourth-order valence-electron chi connectivity index (χ4n) is 1.85. The summed E-state index contributed by atoms with van der Waals surface area (Å²) in [5.74, 6) is -0.248. The zero-order chi connectivity index (χ0) is 12.1. The maximum atomic E-state index is 11.7. The lowest BCUT2D eigenvalue weighted by Crippen LogP contribution is -2.39. The first-order valence-corrected chi connectivity index (χ1v) is 5.81. The van der Waals surface area contributed by atoms with E-state index < -0.39 is 6.04 Å². The highest BCUT2D eigenvalue weighted by atomic mass is 16.5. The molecule has 0 radical (unpaired) electrons. The van der Waals surface area contributed by atoms with Gasteiger partial charge in [0.05, 0.1) is 6.61 Å². The van der Waals surface area contributed by atoms with Crippen LogP contribution in [-0.2, 0) is 20.9 Å². The summed E-state index contributed by atoms with van der Waals surface area (Å²) in [7, 11) is 0. The Morgan fingerprint density at radius 3 is 2.88 bits per heavy atom. The predicted octanol–water partition coefficient (Wildman–Crippen LogP) is 1.09. The Bertz CT molecular complexity index is 360. The molecule has 1 fully saturated rings. The van der Waals surface area contributed by atoms with Gasteiger partial charge in [-0.15, -0.1) is 0 Å². The molecular weight excluding hydrogens is 218 g/mol. The fraction of sp³-hybridized carbons (Fsp3) is 0.462. The Morgan fingerprint density at radius 2 is 2.24 bits per heavy atom. The first-order chi connectivity index (χ1) is 8.27. The third kappa shape index (κ3) is 3.28. The summed E-state index contributed by atoms with van der Waals surface area (Å²) in [6, 6.07) is 9.00. The molecule has 0 amide bonds. The van der Waals surface area contributed by atoms with Gasteiger partial charge < -0.3 is 15.2 Å². The van der Waals surface area contributed by atoms with E-state index in [0.29, 0.717) is 13.2 Å². The summed E-state index contributed by atoms with van der Waals surface area (Å²) in [6.07, 6.45) is 0.835. The zero-order valence-electron chi connectivity index (χ0n) is 9.67. The summed E-state index contributed by atoms with van der Waals surface area (Å²) in [5, 5.41) is 0. The van der Waals surface area contributed by atoms with Crippen LogP contribution in [0.4, 0.5) is 0 Å². The second-order valence-corrected chi connectivity index (χ2v) is 4.24. The standard InChI is InChI=1S/C13H17NO3/c14-12(11-6-7-16-9-11)13(15)17-8-10-4-2-1-3-5-10/h1-5,11-12H,6-9,14H2/t11-,12?/m1/s1. The Kier molecular flexibility index (Phi) is 4.12. The molecule has 1 aromatic rings. The highest BCUT2D eigenvalue weighted by Crippen LogP contribution is 2.16. The maximum Gasteiger partial charge on any atom is 0.323 e. The molecule has 2 atom stereocenters. The van der Waals surface area contributed by atoms with Gasteiger partial charge in [0.25, 0.3) is 0 Å². The third-order valence-electron chi connectivity index (χ3n) is 2.97. The topological polar surface area (TPSA) is 61.6 Å². The van der Waals surface area contributed by atoms with Crippen molar-refractivity contribution in [2.75, 3.05) is 13.2 Å². The van der Waals surface area contributed by atoms with E-state index in [1.165, 1.54) is 0 Å². The Morgan fingerprint density at radius 1 is 1.47 bits per heavy atom. The van der Waals surface area contributed by atoms with Gasteiger partial charge in [-0.3, -0.25) is 4.79 Å². The molecule has 92 valence electrons. The van der Waals surface area contributed by atoms with E-state index in [9.17, 15) is 4.79 Å². The molecule has 0 bridgehead atoms. The van der Waals surface area contributed by atoms with Crippen molar-refractivity contribution in [2.24, 2.45) is 11.7 Å². The molecule has 2 N–H and O–H groups in total. The highest BCUT2D eigenvalue weighted by Gasteiger charge is 2.29. The number of carbonyl (C=O) groups is 1. The molecule has 4 heteroatoms. The zero-order valence-corrected chi connectivity index (χ0v) is 9.67. The second kappa shape index (κ2) is 5.80. The minimum Gasteiger partial charge on any atom is -0.460 e. The summed E-state index contributed by atoms with van der Waals surface area (Å²) >= 11 is 0. The minimum absolute atomic E-state index is 0.0956. The number of hydrogen-bond donors (Lipinski definition) is 1. The van der Waals surface area contributed by atoms with Gasteiger partial charge in [0.2, 0.25) is 0 Å². The Balaban J connectivity index is 1.80. The lowest BCUT2D eigenvalue weighted by Gasteiger charge is -2.16. The van der Waals surface area contributed by atoms with Crippen LogP contribution < -0.4 is 5.73 Å². The van der Waals surface area contributed by atoms with E-state index in [1.807, 2.05) is 30.3 Å². The van der Waals surface area contributed by atoms with E-state index in [0.717, 1.165) is 12.0 Å². The lowest BCUT2D eigenvalue weighted by molar-refractivity contribution is -0.148. The van der Waals surface area contributed by atoms with Crippen LogP contribution in [0.3, 0.4) is 0 Å². The van der Waals surface area contributed by atoms with Crippen molar-refractivity contribution < 1.29 is 14.3 Å². The van der Waals surface area contributed by atoms with Crippen LogP contribution in [0.25, 0.3) is 0 Å². The highest BCUT2D eigenvalue weighted by molar-refractivity contribution is 5.75. The van der Waals surface area contributed by atoms with Crippen molar-refractivity contribution in [1.29, 1.82) is 0 Å². The maximum absolute atomic E-state index is 11.7. The monoisotopic (exact) mass is 235 g/mol. The van der Waals surface area contributed by atoms with Gasteiger partial charge in [-0.1, -0.05) is 30.3 Å². The van der Waals surface area contributed by atoms with Crippen molar-refractivity contribution in [2.45, 2.75) is 19.1 Å². The molecule has 1 aromatic carbocycles. The molecule has 0 spiro atoms. The van der Waals surface area contributed by atoms with Crippen LogP contribution in [0, 0.1) is 5.92 Å². The normalized spacial score (nSPS) is 21.1. The van der Waals surface area contributed by atoms with E-state index in [4.69, 9.17) is 15.2 Å². The Hall–Kier alpha value is -1.39. The molecule has 1 aliphatic rings. The number of benzene rings is 1. The first kappa shape index (κ1) is 12.1. The molecule has 1 unspecified atom stereocenters. The quantitative estimate of drug-likeness (QED) is 0.794. The number of carbonyl (C=O) groups excluding carboxylic acids is 1. The van der Waals surface area contributed by atoms with Crippen molar-refractivity contribution >= 4 is 5.97 Å². The van der Waals surface area contributed by atoms with E-state index in [1.54, 1.807) is 0 Å². The Labute approximate surface area is 101 Å². The molecule has 0 aromatic heterocycles. The number of esters is 1. The number of rotatable bonds is 4. The van der Waals surface area contributed by atoms with Crippen LogP contribution in [0.2, 0.25) is 0 Å². The van der Waals surface area contributed by atoms with Crippen molar-refractivity contribution in [3.63, 3.8) is 0 Å². The van der Waals surface area contributed by atoms with Gasteiger partial charge in [0.1, 0.15) is 12.6 Å². The van der Waals surface area contributed by atoms with Crippen LogP contribution in [-0.4, -0.2) is 25.2 Å². The van der Waals surface area contributed by atoms with Gasteiger partial charge in [-0.05, 0) is 12.0 Å². The first-order valence-electron chi connectivity index (χ1n) is 5.81. The molecule has 0 aliphatic carbocycles. The smallest absolute Gasteiger partial charge is 0.323 e. The average Bonchev–Trinajstić information content (AvgIpc) is 2.90. The van der Waals surface area contributed by atoms with E-state index >= 15 is 0 Å². The van der Waals surface area contributed by atoms with Crippen LogP contribution >= 0.6 is 0 Å². The summed E-state index contributed by atoms with van der Waals surface area (Å²) in [5.41, 5.74) is 6.80. The molecule has 1 saturated heterocycles. The number of hydrogen-bond acceptors (Lipinski definition) is 4. The summed E-state index contributed by atoms with van der Waals surface area (Å²) < 4.78 is 10.4. The van der Waals surface area contributed by atoms with Crippen LogP contribution in [0.5, 0.6) is 0 Å². The van der Waals surface area contributed by atoms with Crippen LogP contribution in [0.15, 0.2) is 30.3 Å². The molecule has 2 rings (SSSR count). The molecule has 1 heterocycles. The molecular formula is C13H17NO3. The fourth-order valence-corrected chi connectivity index (χ4v) is 1.85. The third-order valence-corrected chi connectivity index (χ3v) is 2.97. The van der Waals surface area contributed by atoms with Gasteiger partial charge >= 0.3 is 5.97 Å². The average molecular weight is 235 g/mol. The predicted molar refractivity (Wildman–Crippen MR) is 63.1 cm³/mol. The number of ether oxygens (including phenoxy) is 2. The molecule has 17 heavy (non-hydrogen) atoms. The number of nitrogens with two attached hydrogens (primary N) is 1. The molecule has 4 nitrogen and oxygen atoms in total. The molecule has 1 aliphatic heterocycles. The van der Waals surface area contributed by atoms with Crippen molar-refractivity contribution in [3.8, 4) is 0 Å².